The van der Waals surface area contributed by atoms with Crippen LogP contribution in [0.5, 0.6) is 0 Å². The number of nitrogens with one attached hydrogen (secondary N) is 2. The highest BCUT2D eigenvalue weighted by atomic mass is 16.6. The number of aromatic nitrogens is 6. The largest absolute Gasteiger partial charge is 0.433 e. The number of benzene rings is 3. The number of esters is 1. The van der Waals surface area contributed by atoms with Crippen LogP contribution in [0.4, 0.5) is 0 Å². The molecule has 5 aromatic rings. The Labute approximate surface area is 192 Å². The second kappa shape index (κ2) is 8.75. The molecule has 0 aliphatic heterocycles. The topological polar surface area (TPSA) is 139 Å². The lowest BCUT2D eigenvalue weighted by molar-refractivity contribution is -0.0521. The van der Waals surface area contributed by atoms with Crippen molar-refractivity contribution in [2.75, 3.05) is 0 Å². The lowest BCUT2D eigenvalue weighted by Crippen LogP contribution is -2.20. The van der Waals surface area contributed by atoms with Crippen LogP contribution in [0.15, 0.2) is 71.5 Å². The lowest BCUT2D eigenvalue weighted by Gasteiger charge is -2.11. The Morgan fingerprint density at radius 2 is 1.82 bits per heavy atom. The predicted octanol–water partition coefficient (Wildman–Crippen LogP) is 2.72. The number of aliphatic hydroxyl groups is 1. The lowest BCUT2D eigenvalue weighted by atomic mass is 9.98. The molecule has 0 saturated heterocycles. The molecule has 170 valence electrons. The summed E-state index contributed by atoms with van der Waals surface area (Å²) in [5, 5.41) is 23.5. The van der Waals surface area contributed by atoms with Crippen molar-refractivity contribution in [1.29, 1.82) is 0 Å². The highest BCUT2D eigenvalue weighted by Gasteiger charge is 2.19. The first-order chi connectivity index (χ1) is 16.5. The quantitative estimate of drug-likeness (QED) is 0.264. The number of carbonyl (C=O) groups excluding carboxylic acids is 1. The zero-order chi connectivity index (χ0) is 23.7. The van der Waals surface area contributed by atoms with E-state index in [1.54, 1.807) is 18.2 Å². The molecule has 1 unspecified atom stereocenters. The number of nitrogens with zero attached hydrogens (tertiary/aromatic N) is 4. The van der Waals surface area contributed by atoms with E-state index in [0.29, 0.717) is 16.9 Å². The zero-order valence-corrected chi connectivity index (χ0v) is 18.1. The van der Waals surface area contributed by atoms with Crippen molar-refractivity contribution in [2.45, 2.75) is 19.8 Å². The second-order valence-corrected chi connectivity index (χ2v) is 7.72. The molecule has 1 atom stereocenters. The van der Waals surface area contributed by atoms with Crippen LogP contribution in [0, 0.1) is 0 Å². The molecule has 0 aliphatic carbocycles. The minimum atomic E-state index is -1.26. The molecular formula is C24H20N6O4. The highest BCUT2D eigenvalue weighted by Crippen LogP contribution is 2.30. The number of fused-ring (bicyclic) bond motifs is 1. The number of ether oxygens (including phenoxy) is 1. The van der Waals surface area contributed by atoms with Crippen LogP contribution in [0.25, 0.3) is 33.5 Å². The van der Waals surface area contributed by atoms with Gasteiger partial charge in [0.2, 0.25) is 0 Å². The van der Waals surface area contributed by atoms with Crippen LogP contribution in [0.1, 0.15) is 22.8 Å². The van der Waals surface area contributed by atoms with Gasteiger partial charge in [-0.05, 0) is 46.2 Å². The van der Waals surface area contributed by atoms with Gasteiger partial charge in [0.05, 0.1) is 23.1 Å². The highest BCUT2D eigenvalue weighted by molar-refractivity contribution is 6.02. The van der Waals surface area contributed by atoms with E-state index in [1.165, 1.54) is 11.5 Å². The summed E-state index contributed by atoms with van der Waals surface area (Å²) in [6.07, 6.45) is -1.26. The fourth-order valence-electron chi connectivity index (χ4n) is 3.94. The van der Waals surface area contributed by atoms with E-state index in [2.05, 4.69) is 25.6 Å². The zero-order valence-electron chi connectivity index (χ0n) is 18.1. The molecule has 34 heavy (non-hydrogen) atoms. The summed E-state index contributed by atoms with van der Waals surface area (Å²) < 4.78 is 6.42. The molecule has 0 saturated carbocycles. The first-order valence-electron chi connectivity index (χ1n) is 10.5. The van der Waals surface area contributed by atoms with Crippen molar-refractivity contribution in [1.82, 2.24) is 30.2 Å². The summed E-state index contributed by atoms with van der Waals surface area (Å²) in [5.74, 6) is -0.135. The van der Waals surface area contributed by atoms with Crippen LogP contribution in [0.2, 0.25) is 0 Å². The van der Waals surface area contributed by atoms with E-state index in [-0.39, 0.29) is 17.8 Å². The Morgan fingerprint density at radius 3 is 2.53 bits per heavy atom. The van der Waals surface area contributed by atoms with Gasteiger partial charge < -0.3 is 14.8 Å². The van der Waals surface area contributed by atoms with Gasteiger partial charge in [-0.1, -0.05) is 54.6 Å². The molecular weight excluding hydrogens is 436 g/mol. The minimum absolute atomic E-state index is 0.197. The number of carbonyl (C=O) groups is 1. The Balaban J connectivity index is 1.49. The number of hydrogen-bond acceptors (Lipinski definition) is 7. The number of imidazole rings is 1. The molecule has 0 spiro atoms. The summed E-state index contributed by atoms with van der Waals surface area (Å²) in [7, 11) is 0. The fraction of sp³-hybridized carbons (Fsp3) is 0.125. The van der Waals surface area contributed by atoms with Crippen LogP contribution >= 0.6 is 0 Å². The van der Waals surface area contributed by atoms with Gasteiger partial charge in [0, 0.05) is 5.56 Å². The maximum absolute atomic E-state index is 12.7. The molecule has 3 N–H and O–H groups in total. The van der Waals surface area contributed by atoms with Gasteiger partial charge >= 0.3 is 11.7 Å². The average Bonchev–Trinajstić information content (AvgIpc) is 3.47. The minimum Gasteiger partial charge on any atom is -0.433 e. The molecule has 3 aromatic carbocycles. The summed E-state index contributed by atoms with van der Waals surface area (Å²) in [6, 6.07) is 20.5. The van der Waals surface area contributed by atoms with Crippen molar-refractivity contribution >= 4 is 17.0 Å². The molecule has 0 amide bonds. The van der Waals surface area contributed by atoms with Gasteiger partial charge in [-0.15, -0.1) is 5.10 Å². The van der Waals surface area contributed by atoms with E-state index in [9.17, 15) is 14.7 Å². The summed E-state index contributed by atoms with van der Waals surface area (Å²) in [5.41, 5.74) is 4.44. The van der Waals surface area contributed by atoms with Crippen molar-refractivity contribution in [3.8, 4) is 22.5 Å². The molecule has 2 heterocycles. The molecule has 2 aromatic heterocycles. The van der Waals surface area contributed by atoms with Crippen LogP contribution in [0.3, 0.4) is 0 Å². The number of aliphatic hydroxyl groups excluding tert-OH is 1. The normalized spacial score (nSPS) is 12.1. The van der Waals surface area contributed by atoms with E-state index in [4.69, 9.17) is 4.74 Å². The van der Waals surface area contributed by atoms with Crippen molar-refractivity contribution in [2.24, 2.45) is 0 Å². The van der Waals surface area contributed by atoms with Crippen molar-refractivity contribution < 1.29 is 14.6 Å². The SMILES string of the molecule is CC(O)OC(=O)c1cccc2[nH]c(=O)n(Cc3ccc(-c4ccccc4-c4nnn[nH]4)cc3)c12. The van der Waals surface area contributed by atoms with Crippen molar-refractivity contribution in [3.05, 3.63) is 88.3 Å². The number of para-hydroxylation sites is 1. The molecule has 0 bridgehead atoms. The molecule has 5 rings (SSSR count). The average molecular weight is 456 g/mol. The molecule has 0 radical (unpaired) electrons. The van der Waals surface area contributed by atoms with Gasteiger partial charge in [0.15, 0.2) is 12.1 Å². The van der Waals surface area contributed by atoms with Crippen LogP contribution < -0.4 is 5.69 Å². The van der Waals surface area contributed by atoms with Gasteiger partial charge in [-0.25, -0.2) is 14.7 Å². The number of H-pyrrole nitrogens is 2. The van der Waals surface area contributed by atoms with Crippen LogP contribution in [-0.4, -0.2) is 47.5 Å². The maximum atomic E-state index is 12.7. The third-order valence-corrected chi connectivity index (χ3v) is 5.42. The Bertz CT molecular complexity index is 1520. The maximum Gasteiger partial charge on any atom is 0.342 e. The van der Waals surface area contributed by atoms with E-state index >= 15 is 0 Å². The van der Waals surface area contributed by atoms with E-state index in [1.807, 2.05) is 48.5 Å². The van der Waals surface area contributed by atoms with Crippen LogP contribution in [-0.2, 0) is 11.3 Å². The summed E-state index contributed by atoms with van der Waals surface area (Å²) in [4.78, 5) is 27.9. The molecule has 0 aliphatic rings. The second-order valence-electron chi connectivity index (χ2n) is 7.72. The molecule has 10 nitrogen and oxygen atoms in total. The first-order valence-corrected chi connectivity index (χ1v) is 10.5. The van der Waals surface area contributed by atoms with E-state index in [0.717, 1.165) is 22.3 Å². The summed E-state index contributed by atoms with van der Waals surface area (Å²) >= 11 is 0. The van der Waals surface area contributed by atoms with Gasteiger partial charge in [0.1, 0.15) is 0 Å². The fourth-order valence-corrected chi connectivity index (χ4v) is 3.94. The third kappa shape index (κ3) is 3.97. The van der Waals surface area contributed by atoms with Gasteiger partial charge in [0.25, 0.3) is 0 Å². The Hall–Kier alpha value is -4.57. The smallest absolute Gasteiger partial charge is 0.342 e. The predicted molar refractivity (Wildman–Crippen MR) is 124 cm³/mol. The monoisotopic (exact) mass is 456 g/mol. The van der Waals surface area contributed by atoms with Gasteiger partial charge in [-0.2, -0.15) is 0 Å². The first kappa shape index (κ1) is 21.3. The standard InChI is InChI=1S/C24H20N6O4/c1-14(31)34-23(32)19-7-4-8-20-21(19)30(24(33)25-20)13-15-9-11-16(12-10-15)17-5-2-3-6-18(17)22-26-28-29-27-22/h2-12,14,31H,13H2,1H3,(H,25,33)(H,26,27,28,29). The third-order valence-electron chi connectivity index (χ3n) is 5.42. The van der Waals surface area contributed by atoms with Gasteiger partial charge in [-0.3, -0.25) is 4.57 Å². The number of rotatable bonds is 6. The molecule has 10 heteroatoms. The Kier molecular flexibility index (Phi) is 5.48. The van der Waals surface area contributed by atoms with Crippen molar-refractivity contribution in [3.63, 3.8) is 0 Å². The van der Waals surface area contributed by atoms with E-state index < -0.39 is 12.3 Å². The Morgan fingerprint density at radius 1 is 1.06 bits per heavy atom. The molecule has 0 fully saturated rings. The number of aromatic amines is 2. The number of tetrazole rings is 1. The summed E-state index contributed by atoms with van der Waals surface area (Å²) in [6.45, 7) is 1.59. The number of hydrogen-bond donors (Lipinski definition) is 3.